The van der Waals surface area contributed by atoms with Crippen LogP contribution < -0.4 is 60.9 Å². The van der Waals surface area contributed by atoms with Crippen molar-refractivity contribution < 1.29 is 73.8 Å². The average molecular weight is 258 g/mol. The van der Waals surface area contributed by atoms with E-state index in [9.17, 15) is 12.9 Å². The van der Waals surface area contributed by atoms with Gasteiger partial charge in [-0.25, -0.2) is 0 Å². The molecule has 0 aliphatic carbocycles. The minimum absolute atomic E-state index is 0. The van der Waals surface area contributed by atoms with Crippen LogP contribution in [0.3, 0.4) is 0 Å². The molecule has 0 saturated carbocycles. The minimum Gasteiger partial charge on any atom is -0.493 e. The SMILES string of the molecule is COc1ccccc1OCC[B-](F)(F)F.[K+]. The fourth-order valence-corrected chi connectivity index (χ4v) is 1.04. The number of hydrogen-bond acceptors (Lipinski definition) is 2. The maximum absolute atomic E-state index is 11.9. The summed E-state index contributed by atoms with van der Waals surface area (Å²) < 4.78 is 45.6. The first-order valence-corrected chi connectivity index (χ1v) is 4.50. The smallest absolute Gasteiger partial charge is 0.493 e. The average Bonchev–Trinajstić information content (AvgIpc) is 2.16. The van der Waals surface area contributed by atoms with Gasteiger partial charge in [-0.3, -0.25) is 0 Å². The van der Waals surface area contributed by atoms with Crippen LogP contribution >= 0.6 is 0 Å². The molecule has 0 aliphatic rings. The Morgan fingerprint density at radius 3 is 2.19 bits per heavy atom. The zero-order valence-electron chi connectivity index (χ0n) is 9.25. The van der Waals surface area contributed by atoms with E-state index in [2.05, 4.69) is 0 Å². The molecule has 0 aromatic heterocycles. The van der Waals surface area contributed by atoms with Crippen molar-refractivity contribution in [3.8, 4) is 11.5 Å². The normalized spacial score (nSPS) is 10.5. The Kier molecular flexibility index (Phi) is 7.75. The van der Waals surface area contributed by atoms with Crippen LogP contribution in [0.25, 0.3) is 0 Å². The second-order valence-electron chi connectivity index (χ2n) is 3.00. The number of hydrogen-bond donors (Lipinski definition) is 0. The van der Waals surface area contributed by atoms with Gasteiger partial charge in [-0.2, -0.15) is 0 Å². The van der Waals surface area contributed by atoms with Crippen LogP contribution in [-0.4, -0.2) is 20.7 Å². The van der Waals surface area contributed by atoms with Gasteiger partial charge in [0.25, 0.3) is 0 Å². The van der Waals surface area contributed by atoms with E-state index in [4.69, 9.17) is 9.47 Å². The summed E-state index contributed by atoms with van der Waals surface area (Å²) in [4.78, 5) is 0. The second-order valence-corrected chi connectivity index (χ2v) is 3.00. The van der Waals surface area contributed by atoms with Crippen molar-refractivity contribution in [1.82, 2.24) is 0 Å². The van der Waals surface area contributed by atoms with E-state index < -0.39 is 13.3 Å². The Hall–Kier alpha value is 0.311. The van der Waals surface area contributed by atoms with Crippen LogP contribution in [0.5, 0.6) is 11.5 Å². The van der Waals surface area contributed by atoms with E-state index in [1.54, 1.807) is 24.3 Å². The molecule has 0 aliphatic heterocycles. The fraction of sp³-hybridized carbons (Fsp3) is 0.333. The molecule has 0 atom stereocenters. The molecule has 0 spiro atoms. The van der Waals surface area contributed by atoms with Crippen LogP contribution in [0.1, 0.15) is 0 Å². The molecular weight excluding hydrogens is 247 g/mol. The van der Waals surface area contributed by atoms with Crippen molar-refractivity contribution in [2.24, 2.45) is 0 Å². The quantitative estimate of drug-likeness (QED) is 0.688. The summed E-state index contributed by atoms with van der Waals surface area (Å²) in [6.45, 7) is -5.15. The van der Waals surface area contributed by atoms with E-state index in [1.807, 2.05) is 0 Å². The summed E-state index contributed by atoms with van der Waals surface area (Å²) in [5, 5.41) is 0. The van der Waals surface area contributed by atoms with Gasteiger partial charge in [0.2, 0.25) is 0 Å². The molecule has 1 rings (SSSR count). The molecule has 0 fully saturated rings. The molecule has 84 valence electrons. The van der Waals surface area contributed by atoms with Gasteiger partial charge in [0.1, 0.15) is 0 Å². The van der Waals surface area contributed by atoms with E-state index in [1.165, 1.54) is 7.11 Å². The summed E-state index contributed by atoms with van der Waals surface area (Å²) >= 11 is 0. The molecule has 7 heteroatoms. The maximum Gasteiger partial charge on any atom is 1.00 e. The van der Waals surface area contributed by atoms with Crippen molar-refractivity contribution in [1.29, 1.82) is 0 Å². The van der Waals surface area contributed by atoms with Crippen LogP contribution in [0.2, 0.25) is 6.32 Å². The monoisotopic (exact) mass is 258 g/mol. The Morgan fingerprint density at radius 1 is 1.12 bits per heavy atom. The maximum atomic E-state index is 11.9. The predicted molar refractivity (Wildman–Crippen MR) is 52.4 cm³/mol. The van der Waals surface area contributed by atoms with E-state index in [-0.39, 0.29) is 58.0 Å². The number of rotatable bonds is 5. The van der Waals surface area contributed by atoms with Crippen molar-refractivity contribution >= 4 is 6.98 Å². The molecule has 0 amide bonds. The first-order chi connectivity index (χ1) is 7.03. The van der Waals surface area contributed by atoms with Gasteiger partial charge in [0, 0.05) is 0 Å². The molecule has 0 unspecified atom stereocenters. The molecule has 0 radical (unpaired) electrons. The van der Waals surface area contributed by atoms with Crippen LogP contribution in [0, 0.1) is 0 Å². The van der Waals surface area contributed by atoms with Crippen molar-refractivity contribution in [2.45, 2.75) is 6.32 Å². The standard InChI is InChI=1S/C9H11BF3O2.K/c1-14-8-4-2-3-5-9(8)15-7-6-10(11,12)13;/h2-5H,6-7H2,1H3;/q-1;+1. The number of halogens is 3. The Morgan fingerprint density at radius 2 is 1.69 bits per heavy atom. The molecule has 1 aromatic rings. The largest absolute Gasteiger partial charge is 1.00 e. The van der Waals surface area contributed by atoms with Crippen LogP contribution in [0.15, 0.2) is 24.3 Å². The Balaban J connectivity index is 0.00000225. The van der Waals surface area contributed by atoms with Crippen LogP contribution in [0.4, 0.5) is 12.9 Å². The first kappa shape index (κ1) is 16.3. The van der Waals surface area contributed by atoms with Crippen molar-refractivity contribution in [3.05, 3.63) is 24.3 Å². The van der Waals surface area contributed by atoms with E-state index >= 15 is 0 Å². The minimum atomic E-state index is -4.78. The molecule has 0 heterocycles. The summed E-state index contributed by atoms with van der Waals surface area (Å²) in [5.41, 5.74) is 0. The second kappa shape index (κ2) is 7.60. The molecular formula is C9H11BF3KO2. The van der Waals surface area contributed by atoms with Gasteiger partial charge in [0.05, 0.1) is 13.7 Å². The van der Waals surface area contributed by atoms with Gasteiger partial charge < -0.3 is 22.4 Å². The third-order valence-corrected chi connectivity index (χ3v) is 1.77. The first-order valence-electron chi connectivity index (χ1n) is 4.50. The van der Waals surface area contributed by atoms with Gasteiger partial charge in [-0.1, -0.05) is 18.5 Å². The third-order valence-electron chi connectivity index (χ3n) is 1.77. The zero-order valence-corrected chi connectivity index (χ0v) is 12.4. The van der Waals surface area contributed by atoms with Crippen molar-refractivity contribution in [2.75, 3.05) is 13.7 Å². The number of benzene rings is 1. The molecule has 16 heavy (non-hydrogen) atoms. The number of para-hydroxylation sites is 2. The predicted octanol–water partition coefficient (Wildman–Crippen LogP) is -0.0746. The zero-order chi connectivity index (χ0) is 11.3. The van der Waals surface area contributed by atoms with Gasteiger partial charge >= 0.3 is 58.4 Å². The summed E-state index contributed by atoms with van der Waals surface area (Å²) in [5.74, 6) is 0.771. The summed E-state index contributed by atoms with van der Waals surface area (Å²) in [6.07, 6.45) is -0.905. The van der Waals surface area contributed by atoms with Gasteiger partial charge in [-0.05, 0) is 12.1 Å². The Bertz CT molecular complexity index is 320. The molecule has 1 aromatic carbocycles. The van der Waals surface area contributed by atoms with Crippen molar-refractivity contribution in [3.63, 3.8) is 0 Å². The number of ether oxygens (including phenoxy) is 2. The molecule has 0 bridgehead atoms. The van der Waals surface area contributed by atoms with Gasteiger partial charge in [-0.15, -0.1) is 0 Å². The molecule has 0 saturated heterocycles. The van der Waals surface area contributed by atoms with E-state index in [0.29, 0.717) is 11.5 Å². The van der Waals surface area contributed by atoms with E-state index in [0.717, 1.165) is 0 Å². The number of methoxy groups -OCH3 is 1. The summed E-state index contributed by atoms with van der Waals surface area (Å²) in [7, 11) is 1.44. The third kappa shape index (κ3) is 6.15. The molecule has 0 N–H and O–H groups in total. The Labute approximate surface area is 135 Å². The summed E-state index contributed by atoms with van der Waals surface area (Å²) in [6, 6.07) is 6.60. The molecule has 2 nitrogen and oxygen atoms in total. The topological polar surface area (TPSA) is 18.5 Å². The fourth-order valence-electron chi connectivity index (χ4n) is 1.04. The van der Waals surface area contributed by atoms with Gasteiger partial charge in [0.15, 0.2) is 11.5 Å². The van der Waals surface area contributed by atoms with Crippen LogP contribution in [-0.2, 0) is 0 Å².